The lowest BCUT2D eigenvalue weighted by molar-refractivity contribution is 0.0855. The molecule has 2 heterocycles. The predicted molar refractivity (Wildman–Crippen MR) is 76.7 cm³/mol. The number of H-pyrrole nitrogens is 1. The third-order valence-electron chi connectivity index (χ3n) is 3.68. The van der Waals surface area contributed by atoms with Crippen LogP contribution in [0.2, 0.25) is 5.28 Å². The van der Waals surface area contributed by atoms with E-state index in [-0.39, 0.29) is 16.8 Å². The summed E-state index contributed by atoms with van der Waals surface area (Å²) in [6.45, 7) is 1.42. The Morgan fingerprint density at radius 1 is 1.40 bits per heavy atom. The average molecular weight is 295 g/mol. The average Bonchev–Trinajstić information content (AvgIpc) is 2.46. The Bertz CT molecular complexity index is 693. The van der Waals surface area contributed by atoms with Gasteiger partial charge in [-0.2, -0.15) is 0 Å². The van der Waals surface area contributed by atoms with Crippen LogP contribution in [0.15, 0.2) is 16.9 Å². The van der Waals surface area contributed by atoms with Gasteiger partial charge in [-0.1, -0.05) is 0 Å². The summed E-state index contributed by atoms with van der Waals surface area (Å²) < 4.78 is 10.7. The number of hydrogen-bond acceptors (Lipinski definition) is 4. The van der Waals surface area contributed by atoms with Crippen LogP contribution in [0.1, 0.15) is 24.3 Å². The number of rotatable bonds is 2. The predicted octanol–water partition coefficient (Wildman–Crippen LogP) is 2.48. The quantitative estimate of drug-likeness (QED) is 0.864. The summed E-state index contributed by atoms with van der Waals surface area (Å²) in [4.78, 5) is 19.0. The molecule has 0 atom stereocenters. The number of nitrogens with one attached hydrogen (secondary N) is 1. The van der Waals surface area contributed by atoms with Crippen LogP contribution in [0.4, 0.5) is 0 Å². The molecule has 1 aliphatic heterocycles. The first-order valence-electron chi connectivity index (χ1n) is 6.54. The van der Waals surface area contributed by atoms with Crippen LogP contribution in [0, 0.1) is 0 Å². The van der Waals surface area contributed by atoms with E-state index in [4.69, 9.17) is 21.1 Å². The number of halogens is 1. The molecule has 106 valence electrons. The molecule has 0 bridgehead atoms. The van der Waals surface area contributed by atoms with Crippen molar-refractivity contribution < 1.29 is 9.47 Å². The van der Waals surface area contributed by atoms with Crippen molar-refractivity contribution >= 4 is 22.5 Å². The van der Waals surface area contributed by atoms with Crippen molar-refractivity contribution in [2.45, 2.75) is 18.8 Å². The van der Waals surface area contributed by atoms with Gasteiger partial charge in [0.1, 0.15) is 5.75 Å². The first kappa shape index (κ1) is 13.4. The fraction of sp³-hybridized carbons (Fsp3) is 0.429. The van der Waals surface area contributed by atoms with Crippen molar-refractivity contribution in [1.82, 2.24) is 9.97 Å². The van der Waals surface area contributed by atoms with Crippen LogP contribution in [0.5, 0.6) is 5.75 Å². The van der Waals surface area contributed by atoms with Crippen LogP contribution in [0.3, 0.4) is 0 Å². The third-order valence-corrected chi connectivity index (χ3v) is 3.86. The molecule has 1 aliphatic rings. The topological polar surface area (TPSA) is 64.2 Å². The molecular weight excluding hydrogens is 280 g/mol. The zero-order valence-corrected chi connectivity index (χ0v) is 11.9. The summed E-state index contributed by atoms with van der Waals surface area (Å²) in [5, 5.41) is 0.691. The maximum Gasteiger partial charge on any atom is 0.259 e. The van der Waals surface area contributed by atoms with E-state index in [9.17, 15) is 4.79 Å². The van der Waals surface area contributed by atoms with Gasteiger partial charge in [0.05, 0.1) is 18.0 Å². The highest BCUT2D eigenvalue weighted by Gasteiger charge is 2.21. The zero-order chi connectivity index (χ0) is 14.1. The molecule has 1 saturated heterocycles. The van der Waals surface area contributed by atoms with Crippen LogP contribution >= 0.6 is 11.6 Å². The molecular formula is C14H15ClN2O3. The first-order chi connectivity index (χ1) is 9.69. The van der Waals surface area contributed by atoms with Crippen LogP contribution in [-0.4, -0.2) is 30.3 Å². The van der Waals surface area contributed by atoms with Crippen molar-refractivity contribution in [2.24, 2.45) is 0 Å². The number of fused-ring (bicyclic) bond motifs is 1. The maximum absolute atomic E-state index is 12.2. The Balaban J connectivity index is 2.24. The van der Waals surface area contributed by atoms with Crippen molar-refractivity contribution in [3.63, 3.8) is 0 Å². The highest BCUT2D eigenvalue weighted by molar-refractivity contribution is 6.28. The smallest absolute Gasteiger partial charge is 0.259 e. The van der Waals surface area contributed by atoms with Gasteiger partial charge in [-0.3, -0.25) is 9.78 Å². The Labute approximate surface area is 120 Å². The van der Waals surface area contributed by atoms with E-state index in [1.807, 2.05) is 6.07 Å². The maximum atomic E-state index is 12.2. The fourth-order valence-corrected chi connectivity index (χ4v) is 2.87. The second-order valence-electron chi connectivity index (χ2n) is 4.85. The molecule has 20 heavy (non-hydrogen) atoms. The minimum absolute atomic E-state index is 0.0914. The van der Waals surface area contributed by atoms with Gasteiger partial charge in [-0.05, 0) is 42.0 Å². The second-order valence-corrected chi connectivity index (χ2v) is 5.21. The highest BCUT2D eigenvalue weighted by atomic mass is 35.5. The molecule has 1 aromatic heterocycles. The number of methoxy groups -OCH3 is 1. The summed E-state index contributed by atoms with van der Waals surface area (Å²) in [5.74, 6) is 0.971. The number of aromatic amines is 1. The Morgan fingerprint density at radius 3 is 2.85 bits per heavy atom. The summed E-state index contributed by atoms with van der Waals surface area (Å²) in [6, 6.07) is 3.66. The highest BCUT2D eigenvalue weighted by Crippen LogP contribution is 2.33. The molecule has 0 amide bonds. The van der Waals surface area contributed by atoms with Gasteiger partial charge in [-0.25, -0.2) is 4.98 Å². The van der Waals surface area contributed by atoms with Crippen molar-refractivity contribution in [3.8, 4) is 5.75 Å². The number of nitrogens with zero attached hydrogens (tertiary/aromatic N) is 1. The van der Waals surface area contributed by atoms with E-state index < -0.39 is 0 Å². The molecule has 2 aromatic rings. The van der Waals surface area contributed by atoms with Crippen molar-refractivity contribution in [3.05, 3.63) is 33.3 Å². The van der Waals surface area contributed by atoms with Crippen LogP contribution in [0.25, 0.3) is 10.9 Å². The molecule has 0 spiro atoms. The van der Waals surface area contributed by atoms with E-state index in [1.165, 1.54) is 0 Å². The second kappa shape index (κ2) is 5.42. The molecule has 0 unspecified atom stereocenters. The molecule has 6 heteroatoms. The fourth-order valence-electron chi connectivity index (χ4n) is 2.70. The van der Waals surface area contributed by atoms with E-state index in [1.54, 1.807) is 13.2 Å². The van der Waals surface area contributed by atoms with Crippen LogP contribution in [-0.2, 0) is 4.74 Å². The van der Waals surface area contributed by atoms with Gasteiger partial charge < -0.3 is 9.47 Å². The number of benzene rings is 1. The van der Waals surface area contributed by atoms with E-state index in [0.29, 0.717) is 29.9 Å². The van der Waals surface area contributed by atoms with E-state index >= 15 is 0 Å². The van der Waals surface area contributed by atoms with Gasteiger partial charge in [0, 0.05) is 19.3 Å². The third kappa shape index (κ3) is 2.39. The zero-order valence-electron chi connectivity index (χ0n) is 11.1. The molecule has 0 radical (unpaired) electrons. The van der Waals surface area contributed by atoms with E-state index in [0.717, 1.165) is 18.4 Å². The Hall–Kier alpha value is -1.59. The Kier molecular flexibility index (Phi) is 3.63. The monoisotopic (exact) mass is 294 g/mol. The van der Waals surface area contributed by atoms with Gasteiger partial charge in [-0.15, -0.1) is 0 Å². The normalized spacial score (nSPS) is 16.5. The molecule has 5 nitrogen and oxygen atoms in total. The van der Waals surface area contributed by atoms with Crippen LogP contribution < -0.4 is 10.3 Å². The van der Waals surface area contributed by atoms with Gasteiger partial charge in [0.2, 0.25) is 5.28 Å². The van der Waals surface area contributed by atoms with Gasteiger partial charge >= 0.3 is 0 Å². The largest absolute Gasteiger partial charge is 0.497 e. The molecule has 1 aromatic carbocycles. The van der Waals surface area contributed by atoms with E-state index in [2.05, 4.69) is 9.97 Å². The summed E-state index contributed by atoms with van der Waals surface area (Å²) in [6.07, 6.45) is 1.79. The molecule has 3 rings (SSSR count). The lowest BCUT2D eigenvalue weighted by Crippen LogP contribution is -2.18. The lowest BCUT2D eigenvalue weighted by Gasteiger charge is -2.23. The van der Waals surface area contributed by atoms with Gasteiger partial charge in [0.25, 0.3) is 5.56 Å². The minimum Gasteiger partial charge on any atom is -0.497 e. The summed E-state index contributed by atoms with van der Waals surface area (Å²) in [7, 11) is 1.60. The SMILES string of the molecule is COc1cc(C2CCOCC2)c2c(=O)[nH]c(Cl)nc2c1. The molecule has 1 N–H and O–H groups in total. The molecule has 0 aliphatic carbocycles. The van der Waals surface area contributed by atoms with Crippen molar-refractivity contribution in [2.75, 3.05) is 20.3 Å². The van der Waals surface area contributed by atoms with Gasteiger partial charge in [0.15, 0.2) is 0 Å². The number of aromatic nitrogens is 2. The summed E-state index contributed by atoms with van der Waals surface area (Å²) >= 11 is 5.83. The summed E-state index contributed by atoms with van der Waals surface area (Å²) in [5.41, 5.74) is 1.33. The molecule has 1 fully saturated rings. The lowest BCUT2D eigenvalue weighted by atomic mass is 9.89. The number of ether oxygens (including phenoxy) is 2. The standard InChI is InChI=1S/C14H15ClN2O3/c1-19-9-6-10(8-2-4-20-5-3-8)12-11(7-9)16-14(15)17-13(12)18/h6-8H,2-5H2,1H3,(H,16,17,18). The molecule has 0 saturated carbocycles. The number of hydrogen-bond donors (Lipinski definition) is 1. The van der Waals surface area contributed by atoms with Crippen molar-refractivity contribution in [1.29, 1.82) is 0 Å². The Morgan fingerprint density at radius 2 is 2.15 bits per heavy atom. The first-order valence-corrected chi connectivity index (χ1v) is 6.92. The minimum atomic E-state index is -0.204.